The molecule has 3 saturated carbocycles. The van der Waals surface area contributed by atoms with Crippen molar-refractivity contribution in [3.63, 3.8) is 0 Å². The first kappa shape index (κ1) is 8.24. The molecule has 0 amide bonds. The zero-order chi connectivity index (χ0) is 9.09. The van der Waals surface area contributed by atoms with Gasteiger partial charge in [-0.25, -0.2) is 0 Å². The van der Waals surface area contributed by atoms with E-state index in [2.05, 4.69) is 13.8 Å². The van der Waals surface area contributed by atoms with E-state index in [1.54, 1.807) is 0 Å². The number of Topliss-reactive ketones (excluding diaryl/α,β-unsaturated/α-hetero) is 1. The van der Waals surface area contributed by atoms with Crippen molar-refractivity contribution in [2.24, 2.45) is 23.2 Å². The topological polar surface area (TPSA) is 37.3 Å². The van der Waals surface area contributed by atoms with Crippen molar-refractivity contribution < 1.29 is 9.90 Å². The Kier molecular flexibility index (Phi) is 1.45. The Morgan fingerprint density at radius 2 is 2.08 bits per heavy atom. The third kappa shape index (κ3) is 0.717. The highest BCUT2D eigenvalue weighted by atomic mass is 16.3. The number of hydrogen-bond acceptors (Lipinski definition) is 2. The third-order valence-electron chi connectivity index (χ3n) is 4.11. The summed E-state index contributed by atoms with van der Waals surface area (Å²) < 4.78 is 0. The standard InChI is InChI=1S/C10H16O2/c1-5-6-4-7(10(6,2)3)9(12)8(5)11/h5-8,11H,4H2,1-3H3/t5-,6+,7-,8-/m1/s1. The second kappa shape index (κ2) is 2.11. The molecule has 2 heteroatoms. The van der Waals surface area contributed by atoms with Crippen LogP contribution in [0.15, 0.2) is 0 Å². The van der Waals surface area contributed by atoms with Crippen LogP contribution in [0.2, 0.25) is 0 Å². The molecule has 3 aliphatic carbocycles. The van der Waals surface area contributed by atoms with Crippen LogP contribution in [0.1, 0.15) is 27.2 Å². The van der Waals surface area contributed by atoms with Crippen molar-refractivity contribution in [2.45, 2.75) is 33.3 Å². The third-order valence-corrected chi connectivity index (χ3v) is 4.11. The van der Waals surface area contributed by atoms with Gasteiger partial charge in [0.1, 0.15) is 6.10 Å². The van der Waals surface area contributed by atoms with Gasteiger partial charge in [0.25, 0.3) is 0 Å². The minimum absolute atomic E-state index is 0.0787. The van der Waals surface area contributed by atoms with Crippen LogP contribution in [0.3, 0.4) is 0 Å². The van der Waals surface area contributed by atoms with Crippen LogP contribution in [0.5, 0.6) is 0 Å². The minimum atomic E-state index is -0.679. The second-order valence-corrected chi connectivity index (χ2v) is 4.92. The lowest BCUT2D eigenvalue weighted by Crippen LogP contribution is -2.62. The Morgan fingerprint density at radius 1 is 1.50 bits per heavy atom. The summed E-state index contributed by atoms with van der Waals surface area (Å²) in [6, 6.07) is 0. The number of carbonyl (C=O) groups excluding carboxylic acids is 1. The van der Waals surface area contributed by atoms with E-state index in [4.69, 9.17) is 0 Å². The molecule has 0 aromatic heterocycles. The van der Waals surface area contributed by atoms with Crippen molar-refractivity contribution in [2.75, 3.05) is 0 Å². The van der Waals surface area contributed by atoms with E-state index in [1.165, 1.54) is 0 Å². The predicted octanol–water partition coefficient (Wildman–Crippen LogP) is 1.23. The minimum Gasteiger partial charge on any atom is -0.385 e. The highest BCUT2D eigenvalue weighted by molar-refractivity contribution is 5.88. The van der Waals surface area contributed by atoms with Gasteiger partial charge in [0.05, 0.1) is 0 Å². The van der Waals surface area contributed by atoms with Crippen LogP contribution in [-0.4, -0.2) is 17.0 Å². The van der Waals surface area contributed by atoms with E-state index in [0.717, 1.165) is 6.42 Å². The Morgan fingerprint density at radius 3 is 2.50 bits per heavy atom. The molecular formula is C10H16O2. The van der Waals surface area contributed by atoms with Gasteiger partial charge in [-0.2, -0.15) is 0 Å². The number of ketones is 1. The fraction of sp³-hybridized carbons (Fsp3) is 0.900. The number of rotatable bonds is 0. The van der Waals surface area contributed by atoms with Gasteiger partial charge in [-0.3, -0.25) is 4.79 Å². The first-order valence-corrected chi connectivity index (χ1v) is 4.68. The summed E-state index contributed by atoms with van der Waals surface area (Å²) >= 11 is 0. The van der Waals surface area contributed by atoms with E-state index in [9.17, 15) is 9.90 Å². The normalized spacial score (nSPS) is 50.2. The van der Waals surface area contributed by atoms with Gasteiger partial charge >= 0.3 is 0 Å². The van der Waals surface area contributed by atoms with Crippen LogP contribution < -0.4 is 0 Å². The SMILES string of the molecule is C[C@H]1[C@@H](O)C(=O)[C@H]2C[C@@H]1C2(C)C. The van der Waals surface area contributed by atoms with Crippen molar-refractivity contribution in [1.29, 1.82) is 0 Å². The van der Waals surface area contributed by atoms with E-state index in [0.29, 0.717) is 5.92 Å². The van der Waals surface area contributed by atoms with Gasteiger partial charge < -0.3 is 5.11 Å². The molecule has 4 atom stereocenters. The maximum Gasteiger partial charge on any atom is 0.165 e. The summed E-state index contributed by atoms with van der Waals surface area (Å²) in [5, 5.41) is 9.53. The fourth-order valence-corrected chi connectivity index (χ4v) is 3.02. The lowest BCUT2D eigenvalue weighted by molar-refractivity contribution is -0.177. The van der Waals surface area contributed by atoms with Crippen LogP contribution in [0.25, 0.3) is 0 Å². The molecule has 0 radical (unpaired) electrons. The van der Waals surface area contributed by atoms with Crippen molar-refractivity contribution in [1.82, 2.24) is 0 Å². The van der Waals surface area contributed by atoms with Gasteiger partial charge in [-0.1, -0.05) is 20.8 Å². The quantitative estimate of drug-likeness (QED) is 0.590. The van der Waals surface area contributed by atoms with E-state index in [-0.39, 0.29) is 23.0 Å². The molecule has 3 rings (SSSR count). The predicted molar refractivity (Wildman–Crippen MR) is 45.6 cm³/mol. The van der Waals surface area contributed by atoms with Crippen LogP contribution in [0, 0.1) is 23.2 Å². The smallest absolute Gasteiger partial charge is 0.165 e. The highest BCUT2D eigenvalue weighted by Crippen LogP contribution is 2.59. The molecule has 0 aromatic carbocycles. The molecule has 0 heterocycles. The largest absolute Gasteiger partial charge is 0.385 e. The van der Waals surface area contributed by atoms with Crippen LogP contribution in [0.4, 0.5) is 0 Å². The summed E-state index contributed by atoms with van der Waals surface area (Å²) in [6.07, 6.45) is 0.325. The Balaban J connectivity index is 2.30. The molecule has 2 nitrogen and oxygen atoms in total. The molecule has 68 valence electrons. The van der Waals surface area contributed by atoms with Crippen LogP contribution in [-0.2, 0) is 4.79 Å². The summed E-state index contributed by atoms with van der Waals surface area (Å²) in [7, 11) is 0. The summed E-state index contributed by atoms with van der Waals surface area (Å²) in [5.41, 5.74) is 0.149. The molecule has 0 spiro atoms. The van der Waals surface area contributed by atoms with Gasteiger partial charge in [-0.15, -0.1) is 0 Å². The average molecular weight is 168 g/mol. The summed E-state index contributed by atoms with van der Waals surface area (Å²) in [5.74, 6) is 0.927. The molecule has 3 aliphatic rings. The number of aliphatic hydroxyl groups excluding tert-OH is 1. The average Bonchev–Trinajstić information content (AvgIpc) is 1.98. The monoisotopic (exact) mass is 168 g/mol. The van der Waals surface area contributed by atoms with Crippen molar-refractivity contribution in [3.05, 3.63) is 0 Å². The Labute approximate surface area is 73.0 Å². The highest BCUT2D eigenvalue weighted by Gasteiger charge is 2.60. The Bertz CT molecular complexity index is 232. The molecule has 0 aromatic rings. The van der Waals surface area contributed by atoms with Gasteiger partial charge in [0.2, 0.25) is 0 Å². The lowest BCUT2D eigenvalue weighted by atomic mass is 9.45. The molecule has 0 aliphatic heterocycles. The summed E-state index contributed by atoms with van der Waals surface area (Å²) in [6.45, 7) is 6.28. The Hall–Kier alpha value is -0.370. The van der Waals surface area contributed by atoms with E-state index >= 15 is 0 Å². The molecule has 3 fully saturated rings. The van der Waals surface area contributed by atoms with E-state index < -0.39 is 6.10 Å². The van der Waals surface area contributed by atoms with Crippen LogP contribution >= 0.6 is 0 Å². The molecule has 0 saturated heterocycles. The molecular weight excluding hydrogens is 152 g/mol. The molecule has 1 N–H and O–H groups in total. The lowest BCUT2D eigenvalue weighted by Gasteiger charge is -2.59. The van der Waals surface area contributed by atoms with Gasteiger partial charge in [-0.05, 0) is 23.7 Å². The molecule has 12 heavy (non-hydrogen) atoms. The maximum atomic E-state index is 11.5. The zero-order valence-electron chi connectivity index (χ0n) is 7.87. The van der Waals surface area contributed by atoms with Crippen molar-refractivity contribution in [3.8, 4) is 0 Å². The number of fused-ring (bicyclic) bond motifs is 2. The number of carbonyl (C=O) groups is 1. The van der Waals surface area contributed by atoms with E-state index in [1.807, 2.05) is 6.92 Å². The first-order valence-electron chi connectivity index (χ1n) is 4.68. The summed E-state index contributed by atoms with van der Waals surface area (Å²) in [4.78, 5) is 11.5. The molecule has 0 unspecified atom stereocenters. The first-order chi connectivity index (χ1) is 5.46. The zero-order valence-corrected chi connectivity index (χ0v) is 7.87. The second-order valence-electron chi connectivity index (χ2n) is 4.92. The van der Waals surface area contributed by atoms with Gasteiger partial charge in [0.15, 0.2) is 5.78 Å². The maximum absolute atomic E-state index is 11.5. The number of aliphatic hydroxyl groups is 1. The van der Waals surface area contributed by atoms with Gasteiger partial charge in [0, 0.05) is 5.92 Å². The molecule has 2 bridgehead atoms. The fourth-order valence-electron chi connectivity index (χ4n) is 3.02. The number of hydrogen-bond donors (Lipinski definition) is 1. The van der Waals surface area contributed by atoms with Crippen molar-refractivity contribution >= 4 is 5.78 Å².